The first-order chi connectivity index (χ1) is 6.13. The van der Waals surface area contributed by atoms with E-state index in [1.807, 2.05) is 5.32 Å². The Morgan fingerprint density at radius 2 is 1.23 bits per heavy atom. The molecule has 0 aromatic heterocycles. The second-order valence-corrected chi connectivity index (χ2v) is 2.45. The summed E-state index contributed by atoms with van der Waals surface area (Å²) in [6.45, 7) is 4.56. The molecule has 0 amide bonds. The maximum absolute atomic E-state index is 6.47. The summed E-state index contributed by atoms with van der Waals surface area (Å²) in [5.74, 6) is -0.625. The molecule has 7 heteroatoms. The standard InChI is InChI=1S/C4H10N2.C2H7N5/c1-2-6-4-3-5-1;3-1(4)7-2(5)6/h5-6H,1-4H2;(H7,3,4,5,6,7). The average molecular weight is 187 g/mol. The van der Waals surface area contributed by atoms with Gasteiger partial charge >= 0.3 is 0 Å². The highest BCUT2D eigenvalue weighted by Gasteiger charge is 1.91. The summed E-state index contributed by atoms with van der Waals surface area (Å²) >= 11 is 0. The van der Waals surface area contributed by atoms with Crippen LogP contribution < -0.4 is 27.4 Å². The Hall–Kier alpha value is -1.34. The van der Waals surface area contributed by atoms with E-state index in [4.69, 9.17) is 22.3 Å². The summed E-state index contributed by atoms with van der Waals surface area (Å²) in [7, 11) is 0. The van der Waals surface area contributed by atoms with Gasteiger partial charge < -0.3 is 22.1 Å². The van der Waals surface area contributed by atoms with Crippen LogP contribution in [0.25, 0.3) is 0 Å². The van der Waals surface area contributed by atoms with Gasteiger partial charge in [0, 0.05) is 26.2 Å². The van der Waals surface area contributed by atoms with Gasteiger partial charge in [-0.15, -0.1) is 0 Å². The topological polar surface area (TPSA) is 136 Å². The Balaban J connectivity index is 0.000000223. The monoisotopic (exact) mass is 187 g/mol. The van der Waals surface area contributed by atoms with Gasteiger partial charge in [-0.25, -0.2) is 0 Å². The lowest BCUT2D eigenvalue weighted by molar-refractivity contribution is 0.534. The number of piperazine rings is 1. The number of hydrogen-bond donors (Lipinski definition) is 7. The van der Waals surface area contributed by atoms with Gasteiger partial charge in [-0.1, -0.05) is 0 Å². The number of nitrogens with one attached hydrogen (secondary N) is 5. The second kappa shape index (κ2) is 7.32. The van der Waals surface area contributed by atoms with Gasteiger partial charge in [0.05, 0.1) is 0 Å². The van der Waals surface area contributed by atoms with Crippen molar-refractivity contribution in [1.29, 1.82) is 10.8 Å². The largest absolute Gasteiger partial charge is 0.370 e. The van der Waals surface area contributed by atoms with E-state index in [0.717, 1.165) is 26.2 Å². The van der Waals surface area contributed by atoms with Gasteiger partial charge in [0.25, 0.3) is 0 Å². The van der Waals surface area contributed by atoms with Crippen molar-refractivity contribution in [2.45, 2.75) is 0 Å². The Morgan fingerprint density at radius 1 is 0.923 bits per heavy atom. The van der Waals surface area contributed by atoms with Crippen LogP contribution in [0.3, 0.4) is 0 Å². The van der Waals surface area contributed by atoms with Gasteiger partial charge in [0.1, 0.15) is 0 Å². The number of hydrogen-bond acceptors (Lipinski definition) is 4. The maximum Gasteiger partial charge on any atom is 0.192 e. The van der Waals surface area contributed by atoms with Crippen molar-refractivity contribution in [3.05, 3.63) is 0 Å². The third-order valence-electron chi connectivity index (χ3n) is 1.23. The van der Waals surface area contributed by atoms with Crippen molar-refractivity contribution in [2.24, 2.45) is 11.5 Å². The third kappa shape index (κ3) is 10.7. The summed E-state index contributed by atoms with van der Waals surface area (Å²) in [5, 5.41) is 21.4. The van der Waals surface area contributed by atoms with Crippen LogP contribution in [0.5, 0.6) is 0 Å². The average Bonchev–Trinajstić information content (AvgIpc) is 2.06. The molecule has 0 aliphatic carbocycles. The molecule has 0 spiro atoms. The molecule has 1 aliphatic rings. The summed E-state index contributed by atoms with van der Waals surface area (Å²) in [4.78, 5) is 0. The van der Waals surface area contributed by atoms with Crippen molar-refractivity contribution >= 4 is 11.9 Å². The summed E-state index contributed by atoms with van der Waals surface area (Å²) in [6, 6.07) is 0. The zero-order valence-electron chi connectivity index (χ0n) is 7.48. The number of guanidine groups is 2. The fourth-order valence-corrected chi connectivity index (χ4v) is 0.749. The van der Waals surface area contributed by atoms with Gasteiger partial charge in [-0.05, 0) is 0 Å². The molecular weight excluding hydrogens is 170 g/mol. The SMILES string of the molecule is C1CNCCN1.N=C(N)NC(=N)N. The van der Waals surface area contributed by atoms with Crippen LogP contribution in [0.4, 0.5) is 0 Å². The molecular formula is C6H17N7. The molecule has 0 radical (unpaired) electrons. The zero-order chi connectivity index (χ0) is 10.1. The van der Waals surface area contributed by atoms with Gasteiger partial charge in [-0.2, -0.15) is 0 Å². The maximum atomic E-state index is 6.47. The molecule has 7 nitrogen and oxygen atoms in total. The van der Waals surface area contributed by atoms with E-state index >= 15 is 0 Å². The van der Waals surface area contributed by atoms with Crippen LogP contribution in [0.15, 0.2) is 0 Å². The predicted octanol–water partition coefficient (Wildman–Crippen LogP) is -2.46. The van der Waals surface area contributed by atoms with E-state index in [2.05, 4.69) is 10.6 Å². The second-order valence-electron chi connectivity index (χ2n) is 2.45. The highest BCUT2D eigenvalue weighted by molar-refractivity contribution is 5.93. The fourth-order valence-electron chi connectivity index (χ4n) is 0.749. The molecule has 0 aromatic rings. The Bertz CT molecular complexity index is 139. The molecule has 1 fully saturated rings. The lowest BCUT2D eigenvalue weighted by Crippen LogP contribution is -2.39. The molecule has 0 atom stereocenters. The van der Waals surface area contributed by atoms with Crippen LogP contribution in [0.1, 0.15) is 0 Å². The Labute approximate surface area is 77.3 Å². The van der Waals surface area contributed by atoms with E-state index in [9.17, 15) is 0 Å². The number of nitrogens with two attached hydrogens (primary N) is 2. The summed E-state index contributed by atoms with van der Waals surface area (Å²) in [6.07, 6.45) is 0. The first-order valence-corrected chi connectivity index (χ1v) is 3.99. The van der Waals surface area contributed by atoms with Crippen molar-refractivity contribution < 1.29 is 0 Å². The van der Waals surface area contributed by atoms with Gasteiger partial charge in [0.2, 0.25) is 0 Å². The molecule has 1 aliphatic heterocycles. The minimum Gasteiger partial charge on any atom is -0.370 e. The quantitative estimate of drug-likeness (QED) is 0.167. The van der Waals surface area contributed by atoms with Crippen molar-refractivity contribution in [1.82, 2.24) is 16.0 Å². The third-order valence-corrected chi connectivity index (χ3v) is 1.23. The molecule has 0 unspecified atom stereocenters. The van der Waals surface area contributed by atoms with E-state index in [1.54, 1.807) is 0 Å². The van der Waals surface area contributed by atoms with Crippen molar-refractivity contribution in [3.8, 4) is 0 Å². The Kier molecular flexibility index (Phi) is 6.56. The molecule has 1 saturated heterocycles. The smallest absolute Gasteiger partial charge is 0.192 e. The van der Waals surface area contributed by atoms with Gasteiger partial charge in [-0.3, -0.25) is 16.1 Å². The lowest BCUT2D eigenvalue weighted by atomic mass is 10.4. The fraction of sp³-hybridized carbons (Fsp3) is 0.667. The highest BCUT2D eigenvalue weighted by Crippen LogP contribution is 1.65. The van der Waals surface area contributed by atoms with E-state index in [1.165, 1.54) is 0 Å². The van der Waals surface area contributed by atoms with Crippen molar-refractivity contribution in [2.75, 3.05) is 26.2 Å². The minimum absolute atomic E-state index is 0.312. The molecule has 1 heterocycles. The van der Waals surface area contributed by atoms with Crippen LogP contribution in [-0.4, -0.2) is 38.1 Å². The van der Waals surface area contributed by atoms with Crippen LogP contribution in [0.2, 0.25) is 0 Å². The Morgan fingerprint density at radius 3 is 1.31 bits per heavy atom. The molecule has 13 heavy (non-hydrogen) atoms. The molecule has 76 valence electrons. The molecule has 9 N–H and O–H groups in total. The molecule has 1 rings (SSSR count). The first-order valence-electron chi connectivity index (χ1n) is 3.99. The first kappa shape index (κ1) is 11.7. The van der Waals surface area contributed by atoms with E-state index in [0.29, 0.717) is 0 Å². The van der Waals surface area contributed by atoms with Crippen LogP contribution >= 0.6 is 0 Å². The molecule has 0 bridgehead atoms. The van der Waals surface area contributed by atoms with Gasteiger partial charge in [0.15, 0.2) is 11.9 Å². The van der Waals surface area contributed by atoms with E-state index in [-0.39, 0.29) is 11.9 Å². The lowest BCUT2D eigenvalue weighted by Gasteiger charge is -2.11. The number of rotatable bonds is 0. The van der Waals surface area contributed by atoms with Crippen LogP contribution in [0, 0.1) is 10.8 Å². The zero-order valence-corrected chi connectivity index (χ0v) is 7.48. The highest BCUT2D eigenvalue weighted by atomic mass is 15.1. The van der Waals surface area contributed by atoms with Crippen LogP contribution in [-0.2, 0) is 0 Å². The molecule has 0 saturated carbocycles. The normalized spacial score (nSPS) is 15.1. The predicted molar refractivity (Wildman–Crippen MR) is 52.7 cm³/mol. The van der Waals surface area contributed by atoms with Crippen molar-refractivity contribution in [3.63, 3.8) is 0 Å². The van der Waals surface area contributed by atoms with E-state index < -0.39 is 0 Å². The molecule has 0 aromatic carbocycles. The minimum atomic E-state index is -0.312. The summed E-state index contributed by atoms with van der Waals surface area (Å²) < 4.78 is 0. The summed E-state index contributed by atoms with van der Waals surface area (Å²) in [5.41, 5.74) is 9.49.